The number of nitrogens with zero attached hydrogens (tertiary/aromatic N) is 5. The smallest absolute Gasteiger partial charge is 0.309 e. The van der Waals surface area contributed by atoms with Crippen molar-refractivity contribution in [1.29, 1.82) is 0 Å². The van der Waals surface area contributed by atoms with Gasteiger partial charge in [0.25, 0.3) is 0 Å². The van der Waals surface area contributed by atoms with Crippen LogP contribution < -0.4 is 5.32 Å². The highest BCUT2D eigenvalue weighted by molar-refractivity contribution is 5.79. The standard InChI is InChI=1S/C14H20N6O3/c1-10-7-16-18(8-10)6-4-5-15-14(21)12(3)19-9-13(20(22)23)11(2)17-19/h7-9,12H,4-6H2,1-3H3,(H,15,21). The van der Waals surface area contributed by atoms with E-state index in [-0.39, 0.29) is 11.6 Å². The number of amides is 1. The molecular weight excluding hydrogens is 300 g/mol. The van der Waals surface area contributed by atoms with Gasteiger partial charge >= 0.3 is 5.69 Å². The van der Waals surface area contributed by atoms with Crippen molar-refractivity contribution in [3.63, 3.8) is 0 Å². The van der Waals surface area contributed by atoms with Gasteiger partial charge in [0.05, 0.1) is 11.1 Å². The van der Waals surface area contributed by atoms with Crippen molar-refractivity contribution in [2.24, 2.45) is 0 Å². The minimum absolute atomic E-state index is 0.0845. The Morgan fingerprint density at radius 3 is 2.74 bits per heavy atom. The van der Waals surface area contributed by atoms with E-state index in [0.717, 1.165) is 18.5 Å². The number of hydrogen-bond acceptors (Lipinski definition) is 5. The number of aromatic nitrogens is 4. The highest BCUT2D eigenvalue weighted by Crippen LogP contribution is 2.18. The average molecular weight is 320 g/mol. The molecule has 0 spiro atoms. The first-order valence-corrected chi connectivity index (χ1v) is 7.35. The number of carbonyl (C=O) groups excluding carboxylic acids is 1. The summed E-state index contributed by atoms with van der Waals surface area (Å²) >= 11 is 0. The van der Waals surface area contributed by atoms with E-state index in [2.05, 4.69) is 15.5 Å². The third kappa shape index (κ3) is 4.15. The van der Waals surface area contributed by atoms with Gasteiger partial charge in [-0.3, -0.25) is 24.3 Å². The monoisotopic (exact) mass is 320 g/mol. The number of nitrogens with one attached hydrogen (secondary N) is 1. The third-order valence-corrected chi connectivity index (χ3v) is 3.49. The summed E-state index contributed by atoms with van der Waals surface area (Å²) in [4.78, 5) is 22.4. The molecule has 23 heavy (non-hydrogen) atoms. The van der Waals surface area contributed by atoms with Crippen LogP contribution in [0.25, 0.3) is 0 Å². The van der Waals surface area contributed by atoms with Gasteiger partial charge in [-0.2, -0.15) is 10.2 Å². The molecule has 0 radical (unpaired) electrons. The van der Waals surface area contributed by atoms with Crippen molar-refractivity contribution in [2.45, 2.75) is 39.8 Å². The minimum atomic E-state index is -0.602. The normalized spacial score (nSPS) is 12.1. The summed E-state index contributed by atoms with van der Waals surface area (Å²) in [6.45, 7) is 6.39. The van der Waals surface area contributed by atoms with Gasteiger partial charge in [-0.15, -0.1) is 0 Å². The van der Waals surface area contributed by atoms with Crippen LogP contribution in [0.1, 0.15) is 30.6 Å². The zero-order chi connectivity index (χ0) is 17.0. The Balaban J connectivity index is 1.83. The van der Waals surface area contributed by atoms with Crippen LogP contribution in [0, 0.1) is 24.0 Å². The maximum Gasteiger partial charge on any atom is 0.309 e. The van der Waals surface area contributed by atoms with E-state index >= 15 is 0 Å². The molecule has 1 unspecified atom stereocenters. The lowest BCUT2D eigenvalue weighted by Crippen LogP contribution is -2.32. The first kappa shape index (κ1) is 16.7. The van der Waals surface area contributed by atoms with Gasteiger partial charge in [0.15, 0.2) is 0 Å². The molecule has 2 heterocycles. The van der Waals surface area contributed by atoms with Crippen molar-refractivity contribution in [1.82, 2.24) is 24.9 Å². The van der Waals surface area contributed by atoms with Crippen LogP contribution in [0.15, 0.2) is 18.6 Å². The molecule has 0 aliphatic heterocycles. The molecule has 0 fully saturated rings. The SMILES string of the molecule is Cc1cnn(CCCNC(=O)C(C)n2cc([N+](=O)[O-])c(C)n2)c1. The van der Waals surface area contributed by atoms with Crippen molar-refractivity contribution in [2.75, 3.05) is 6.54 Å². The van der Waals surface area contributed by atoms with Crippen LogP contribution in [-0.4, -0.2) is 36.9 Å². The van der Waals surface area contributed by atoms with Crippen LogP contribution in [0.3, 0.4) is 0 Å². The first-order valence-electron chi connectivity index (χ1n) is 7.35. The summed E-state index contributed by atoms with van der Waals surface area (Å²) in [6, 6.07) is -0.602. The van der Waals surface area contributed by atoms with Gasteiger partial charge in [-0.1, -0.05) is 0 Å². The summed E-state index contributed by atoms with van der Waals surface area (Å²) in [5.74, 6) is -0.223. The number of nitro groups is 1. The van der Waals surface area contributed by atoms with Gasteiger partial charge < -0.3 is 5.32 Å². The fourth-order valence-corrected chi connectivity index (χ4v) is 2.16. The zero-order valence-corrected chi connectivity index (χ0v) is 13.4. The van der Waals surface area contributed by atoms with Crippen LogP contribution in [0.2, 0.25) is 0 Å². The molecule has 0 aliphatic rings. The quantitative estimate of drug-likeness (QED) is 0.471. The van der Waals surface area contributed by atoms with Gasteiger partial charge in [0.2, 0.25) is 5.91 Å². The number of hydrogen-bond donors (Lipinski definition) is 1. The lowest BCUT2D eigenvalue weighted by molar-refractivity contribution is -0.385. The van der Waals surface area contributed by atoms with Gasteiger partial charge in [-0.25, -0.2) is 0 Å². The van der Waals surface area contributed by atoms with E-state index in [4.69, 9.17) is 0 Å². The molecule has 0 aliphatic carbocycles. The fraction of sp³-hybridized carbons (Fsp3) is 0.500. The zero-order valence-electron chi connectivity index (χ0n) is 13.4. The predicted octanol–water partition coefficient (Wildman–Crippen LogP) is 1.37. The molecule has 2 rings (SSSR count). The van der Waals surface area contributed by atoms with E-state index in [0.29, 0.717) is 12.2 Å². The summed E-state index contributed by atoms with van der Waals surface area (Å²) < 4.78 is 3.14. The van der Waals surface area contributed by atoms with Gasteiger partial charge in [-0.05, 0) is 32.8 Å². The summed E-state index contributed by atoms with van der Waals surface area (Å²) in [6.07, 6.45) is 5.76. The van der Waals surface area contributed by atoms with E-state index in [9.17, 15) is 14.9 Å². The summed E-state index contributed by atoms with van der Waals surface area (Å²) in [5, 5.41) is 21.8. The molecule has 2 aromatic rings. The molecular formula is C14H20N6O3. The molecule has 2 aromatic heterocycles. The highest BCUT2D eigenvalue weighted by atomic mass is 16.6. The Kier molecular flexibility index (Phi) is 5.09. The van der Waals surface area contributed by atoms with Crippen molar-refractivity contribution in [3.05, 3.63) is 40.0 Å². The fourth-order valence-electron chi connectivity index (χ4n) is 2.16. The lowest BCUT2D eigenvalue weighted by atomic mass is 10.3. The predicted molar refractivity (Wildman–Crippen MR) is 82.9 cm³/mol. The van der Waals surface area contributed by atoms with Crippen molar-refractivity contribution < 1.29 is 9.72 Å². The molecule has 1 amide bonds. The van der Waals surface area contributed by atoms with Crippen LogP contribution in [0.5, 0.6) is 0 Å². The van der Waals surface area contributed by atoms with Crippen LogP contribution >= 0.6 is 0 Å². The maximum atomic E-state index is 12.1. The highest BCUT2D eigenvalue weighted by Gasteiger charge is 2.21. The molecule has 0 saturated carbocycles. The van der Waals surface area contributed by atoms with E-state index in [1.54, 1.807) is 20.0 Å². The largest absolute Gasteiger partial charge is 0.354 e. The second-order valence-corrected chi connectivity index (χ2v) is 5.44. The maximum absolute atomic E-state index is 12.1. The Morgan fingerprint density at radius 2 is 2.17 bits per heavy atom. The third-order valence-electron chi connectivity index (χ3n) is 3.49. The molecule has 124 valence electrons. The van der Waals surface area contributed by atoms with Crippen LogP contribution in [-0.2, 0) is 11.3 Å². The molecule has 9 nitrogen and oxygen atoms in total. The number of rotatable bonds is 7. The molecule has 1 atom stereocenters. The Bertz CT molecular complexity index is 705. The first-order chi connectivity index (χ1) is 10.9. The van der Waals surface area contributed by atoms with E-state index in [1.165, 1.54) is 10.9 Å². The topological polar surface area (TPSA) is 108 Å². The van der Waals surface area contributed by atoms with Crippen LogP contribution in [0.4, 0.5) is 5.69 Å². The lowest BCUT2D eigenvalue weighted by Gasteiger charge is -2.12. The second kappa shape index (κ2) is 7.03. The summed E-state index contributed by atoms with van der Waals surface area (Å²) in [7, 11) is 0. The second-order valence-electron chi connectivity index (χ2n) is 5.44. The van der Waals surface area contributed by atoms with E-state index in [1.807, 2.05) is 17.8 Å². The Morgan fingerprint density at radius 1 is 1.43 bits per heavy atom. The van der Waals surface area contributed by atoms with Crippen molar-refractivity contribution >= 4 is 11.6 Å². The number of carbonyl (C=O) groups is 1. The average Bonchev–Trinajstić information content (AvgIpc) is 3.08. The molecule has 0 bridgehead atoms. The molecule has 9 heteroatoms. The Hall–Kier alpha value is -2.71. The Labute approximate surface area is 133 Å². The number of aryl methyl sites for hydroxylation is 3. The van der Waals surface area contributed by atoms with Gasteiger partial charge in [0, 0.05) is 19.3 Å². The minimum Gasteiger partial charge on any atom is -0.354 e. The van der Waals surface area contributed by atoms with E-state index < -0.39 is 11.0 Å². The summed E-state index contributed by atoms with van der Waals surface area (Å²) in [5.41, 5.74) is 1.31. The van der Waals surface area contributed by atoms with Gasteiger partial charge in [0.1, 0.15) is 17.9 Å². The van der Waals surface area contributed by atoms with Crippen molar-refractivity contribution in [3.8, 4) is 0 Å². The molecule has 0 saturated heterocycles. The molecule has 0 aromatic carbocycles. The molecule has 1 N–H and O–H groups in total.